The Morgan fingerprint density at radius 3 is 2.79 bits per heavy atom. The summed E-state index contributed by atoms with van der Waals surface area (Å²) in [5, 5.41) is 24.6. The molecule has 1 aromatic carbocycles. The maximum Gasteiger partial charge on any atom is 0.296 e. The van der Waals surface area contributed by atoms with Crippen molar-refractivity contribution in [3.05, 3.63) is 50.7 Å². The van der Waals surface area contributed by atoms with E-state index in [0.717, 1.165) is 4.88 Å². The normalized spacial score (nSPS) is 10.1. The van der Waals surface area contributed by atoms with Gasteiger partial charge in [-0.1, -0.05) is 12.1 Å². The third-order valence-electron chi connectivity index (χ3n) is 2.40. The van der Waals surface area contributed by atoms with Gasteiger partial charge >= 0.3 is 0 Å². The smallest absolute Gasteiger partial charge is 0.296 e. The highest BCUT2D eigenvalue weighted by atomic mass is 32.1. The number of aromatic hydroxyl groups is 1. The van der Waals surface area contributed by atoms with Crippen LogP contribution in [0.4, 0.5) is 11.4 Å². The van der Waals surface area contributed by atoms with Gasteiger partial charge in [0.2, 0.25) is 5.91 Å². The van der Waals surface area contributed by atoms with Gasteiger partial charge in [0.05, 0.1) is 11.3 Å². The fourth-order valence-corrected chi connectivity index (χ4v) is 2.27. The summed E-state index contributed by atoms with van der Waals surface area (Å²) in [5.41, 5.74) is -0.506. The van der Waals surface area contributed by atoms with Gasteiger partial charge in [-0.15, -0.1) is 11.3 Å². The molecule has 0 atom stereocenters. The van der Waals surface area contributed by atoms with Gasteiger partial charge in [-0.25, -0.2) is 0 Å². The van der Waals surface area contributed by atoms with Crippen LogP contribution >= 0.6 is 11.3 Å². The molecule has 0 aliphatic carbocycles. The summed E-state index contributed by atoms with van der Waals surface area (Å²) in [5.74, 6) is -0.735. The fraction of sp³-hybridized carbons (Fsp3) is 0.0833. The maximum atomic E-state index is 11.8. The molecule has 0 saturated heterocycles. The van der Waals surface area contributed by atoms with Crippen molar-refractivity contribution in [2.45, 2.75) is 6.42 Å². The fourth-order valence-electron chi connectivity index (χ4n) is 1.56. The molecule has 0 radical (unpaired) electrons. The lowest BCUT2D eigenvalue weighted by Crippen LogP contribution is -2.14. The summed E-state index contributed by atoms with van der Waals surface area (Å²) < 4.78 is 0. The summed E-state index contributed by atoms with van der Waals surface area (Å²) in [6.07, 6.45) is 0.114. The zero-order chi connectivity index (χ0) is 13.8. The standard InChI is InChI=1S/C12H10N2O4S/c15-10-5-1-4-9(14(17)18)12(10)13-11(16)7-8-3-2-6-19-8/h1-6,15H,7H2,(H,13,16). The Morgan fingerprint density at radius 1 is 1.37 bits per heavy atom. The van der Waals surface area contributed by atoms with Crippen molar-refractivity contribution in [2.75, 3.05) is 5.32 Å². The van der Waals surface area contributed by atoms with E-state index in [1.165, 1.54) is 29.5 Å². The Bertz CT molecular complexity index is 610. The Morgan fingerprint density at radius 2 is 2.16 bits per heavy atom. The van der Waals surface area contributed by atoms with Crippen LogP contribution in [0.5, 0.6) is 5.75 Å². The molecule has 0 aliphatic heterocycles. The van der Waals surface area contributed by atoms with Gasteiger partial charge in [0, 0.05) is 10.9 Å². The Kier molecular flexibility index (Phi) is 3.76. The van der Waals surface area contributed by atoms with Crippen LogP contribution in [-0.4, -0.2) is 15.9 Å². The van der Waals surface area contributed by atoms with E-state index in [0.29, 0.717) is 0 Å². The van der Waals surface area contributed by atoms with Gasteiger partial charge in [0.25, 0.3) is 5.69 Å². The Labute approximate surface area is 112 Å². The number of phenols is 1. The minimum Gasteiger partial charge on any atom is -0.505 e. The molecule has 2 N–H and O–H groups in total. The highest BCUT2D eigenvalue weighted by Crippen LogP contribution is 2.33. The lowest BCUT2D eigenvalue weighted by atomic mass is 10.2. The van der Waals surface area contributed by atoms with E-state index >= 15 is 0 Å². The third kappa shape index (κ3) is 3.08. The summed E-state index contributed by atoms with van der Waals surface area (Å²) in [6.45, 7) is 0. The zero-order valence-electron chi connectivity index (χ0n) is 9.70. The van der Waals surface area contributed by atoms with Crippen molar-refractivity contribution < 1.29 is 14.8 Å². The first-order valence-electron chi connectivity index (χ1n) is 5.36. The minimum absolute atomic E-state index is 0.114. The third-order valence-corrected chi connectivity index (χ3v) is 3.27. The van der Waals surface area contributed by atoms with Crippen molar-refractivity contribution in [2.24, 2.45) is 0 Å². The van der Waals surface area contributed by atoms with E-state index in [-0.39, 0.29) is 23.5 Å². The van der Waals surface area contributed by atoms with E-state index in [9.17, 15) is 20.0 Å². The first-order chi connectivity index (χ1) is 9.08. The average Bonchev–Trinajstić information content (AvgIpc) is 2.84. The number of nitro groups is 1. The van der Waals surface area contributed by atoms with E-state index in [1.54, 1.807) is 6.07 Å². The SMILES string of the molecule is O=C(Cc1cccs1)Nc1c(O)cccc1[N+](=O)[O-]. The number of hydrogen-bond donors (Lipinski definition) is 2. The molecule has 2 rings (SSSR count). The maximum absolute atomic E-state index is 11.8. The van der Waals surface area contributed by atoms with Crippen LogP contribution in [0.1, 0.15) is 4.88 Å². The van der Waals surface area contributed by atoms with Gasteiger partial charge in [-0.2, -0.15) is 0 Å². The van der Waals surface area contributed by atoms with E-state index in [2.05, 4.69) is 5.32 Å². The molecule has 0 unspecified atom stereocenters. The number of nitro benzene ring substituents is 1. The van der Waals surface area contributed by atoms with E-state index in [1.807, 2.05) is 11.4 Å². The molecule has 0 spiro atoms. The number of benzene rings is 1. The van der Waals surface area contributed by atoms with Crippen molar-refractivity contribution in [1.82, 2.24) is 0 Å². The molecule has 1 amide bonds. The Balaban J connectivity index is 2.19. The second kappa shape index (κ2) is 5.49. The summed E-state index contributed by atoms with van der Waals surface area (Å²) in [6, 6.07) is 7.47. The summed E-state index contributed by atoms with van der Waals surface area (Å²) in [4.78, 5) is 22.8. The van der Waals surface area contributed by atoms with Gasteiger partial charge in [-0.05, 0) is 17.5 Å². The second-order valence-corrected chi connectivity index (χ2v) is 4.76. The number of thiophene rings is 1. The van der Waals surface area contributed by atoms with Crippen LogP contribution in [-0.2, 0) is 11.2 Å². The van der Waals surface area contributed by atoms with Crippen molar-refractivity contribution >= 4 is 28.6 Å². The minimum atomic E-state index is -0.652. The monoisotopic (exact) mass is 278 g/mol. The molecule has 0 bridgehead atoms. The number of hydrogen-bond acceptors (Lipinski definition) is 5. The first kappa shape index (κ1) is 13.0. The lowest BCUT2D eigenvalue weighted by molar-refractivity contribution is -0.384. The number of nitrogens with one attached hydrogen (secondary N) is 1. The van der Waals surface area contributed by atoms with Gasteiger partial charge in [0.1, 0.15) is 5.75 Å². The highest BCUT2D eigenvalue weighted by molar-refractivity contribution is 7.10. The van der Waals surface area contributed by atoms with Gasteiger partial charge in [0.15, 0.2) is 5.69 Å². The summed E-state index contributed by atoms with van der Waals surface area (Å²) in [7, 11) is 0. The topological polar surface area (TPSA) is 92.5 Å². The molecule has 98 valence electrons. The number of nitrogens with zero attached hydrogens (tertiary/aromatic N) is 1. The number of para-hydroxylation sites is 1. The second-order valence-electron chi connectivity index (χ2n) is 3.73. The molecule has 0 fully saturated rings. The molecular weight excluding hydrogens is 268 g/mol. The van der Waals surface area contributed by atoms with Crippen LogP contribution in [0.25, 0.3) is 0 Å². The zero-order valence-corrected chi connectivity index (χ0v) is 10.5. The molecule has 1 aromatic heterocycles. The predicted molar refractivity (Wildman–Crippen MR) is 71.4 cm³/mol. The number of carbonyl (C=O) groups excluding carboxylic acids is 1. The molecule has 2 aromatic rings. The van der Waals surface area contributed by atoms with Crippen LogP contribution in [0, 0.1) is 10.1 Å². The molecule has 0 saturated carbocycles. The number of carbonyl (C=O) groups is 1. The number of phenolic OH excluding ortho intramolecular Hbond substituents is 1. The van der Waals surface area contributed by atoms with Crippen LogP contribution < -0.4 is 5.32 Å². The molecule has 0 aliphatic rings. The van der Waals surface area contributed by atoms with Crippen LogP contribution in [0.15, 0.2) is 35.7 Å². The highest BCUT2D eigenvalue weighted by Gasteiger charge is 2.19. The van der Waals surface area contributed by atoms with Gasteiger partial charge < -0.3 is 10.4 Å². The van der Waals surface area contributed by atoms with Crippen molar-refractivity contribution in [3.63, 3.8) is 0 Å². The molecule has 7 heteroatoms. The first-order valence-corrected chi connectivity index (χ1v) is 6.24. The predicted octanol–water partition coefficient (Wildman–Crippen LogP) is 2.54. The van der Waals surface area contributed by atoms with Gasteiger partial charge in [-0.3, -0.25) is 14.9 Å². The number of amides is 1. The average molecular weight is 278 g/mol. The van der Waals surface area contributed by atoms with Crippen LogP contribution in [0.2, 0.25) is 0 Å². The molecular formula is C12H10N2O4S. The van der Waals surface area contributed by atoms with Crippen LogP contribution in [0.3, 0.4) is 0 Å². The summed E-state index contributed by atoms with van der Waals surface area (Å²) >= 11 is 1.42. The van der Waals surface area contributed by atoms with Crippen molar-refractivity contribution in [3.8, 4) is 5.75 Å². The molecule has 19 heavy (non-hydrogen) atoms. The number of anilines is 1. The lowest BCUT2D eigenvalue weighted by Gasteiger charge is -2.07. The Hall–Kier alpha value is -2.41. The van der Waals surface area contributed by atoms with E-state index < -0.39 is 10.8 Å². The van der Waals surface area contributed by atoms with Crippen molar-refractivity contribution in [1.29, 1.82) is 0 Å². The molecule has 6 nitrogen and oxygen atoms in total. The molecule has 1 heterocycles. The largest absolute Gasteiger partial charge is 0.505 e. The quantitative estimate of drug-likeness (QED) is 0.510. The number of rotatable bonds is 4. The van der Waals surface area contributed by atoms with E-state index in [4.69, 9.17) is 0 Å².